The Morgan fingerprint density at radius 3 is 2.52 bits per heavy atom. The zero-order valence-electron chi connectivity index (χ0n) is 14.6. The minimum atomic E-state index is -0.423. The van der Waals surface area contributed by atoms with Gasteiger partial charge in [-0.25, -0.2) is 0 Å². The molecule has 4 rings (SSSR count). The zero-order chi connectivity index (χ0) is 18.8. The van der Waals surface area contributed by atoms with E-state index in [9.17, 15) is 14.4 Å². The molecule has 0 bridgehead atoms. The van der Waals surface area contributed by atoms with Crippen molar-refractivity contribution in [3.8, 4) is 5.88 Å². The van der Waals surface area contributed by atoms with Gasteiger partial charge in [0.15, 0.2) is 0 Å². The van der Waals surface area contributed by atoms with Gasteiger partial charge in [-0.15, -0.1) is 5.10 Å². The van der Waals surface area contributed by atoms with Crippen molar-refractivity contribution < 1.29 is 19.1 Å². The predicted octanol–water partition coefficient (Wildman–Crippen LogP) is 1.14. The van der Waals surface area contributed by atoms with E-state index in [1.165, 1.54) is 0 Å². The highest BCUT2D eigenvalue weighted by molar-refractivity contribution is 6.22. The largest absolute Gasteiger partial charge is 0.471 e. The summed E-state index contributed by atoms with van der Waals surface area (Å²) >= 11 is 0. The molecule has 138 valence electrons. The van der Waals surface area contributed by atoms with Crippen molar-refractivity contribution in [3.63, 3.8) is 0 Å². The van der Waals surface area contributed by atoms with Crippen LogP contribution >= 0.6 is 0 Å². The van der Waals surface area contributed by atoms with Gasteiger partial charge in [0, 0.05) is 18.8 Å². The Morgan fingerprint density at radius 1 is 1.11 bits per heavy atom. The van der Waals surface area contributed by atoms with Crippen molar-refractivity contribution in [2.45, 2.75) is 18.9 Å². The third-order valence-corrected chi connectivity index (χ3v) is 4.74. The molecule has 2 aliphatic heterocycles. The molecule has 27 heavy (non-hydrogen) atoms. The summed E-state index contributed by atoms with van der Waals surface area (Å²) in [7, 11) is 0. The summed E-state index contributed by atoms with van der Waals surface area (Å²) in [5.74, 6) is -0.698. The summed E-state index contributed by atoms with van der Waals surface area (Å²) in [6, 6.07) is 10.1. The molecule has 1 aromatic carbocycles. The summed E-state index contributed by atoms with van der Waals surface area (Å²) in [6.07, 6.45) is 2.94. The summed E-state index contributed by atoms with van der Waals surface area (Å²) in [6.45, 7) is 0.700. The number of nitrogens with zero attached hydrogens (tertiary/aromatic N) is 4. The zero-order valence-corrected chi connectivity index (χ0v) is 14.6. The molecule has 0 saturated carbocycles. The molecule has 0 N–H and O–H groups in total. The third-order valence-electron chi connectivity index (χ3n) is 4.74. The molecule has 1 atom stereocenters. The minimum Gasteiger partial charge on any atom is -0.471 e. The molecule has 1 saturated heterocycles. The first kappa shape index (κ1) is 17.1. The van der Waals surface area contributed by atoms with Gasteiger partial charge in [-0.2, -0.15) is 5.10 Å². The fourth-order valence-electron chi connectivity index (χ4n) is 3.40. The van der Waals surface area contributed by atoms with Crippen molar-refractivity contribution in [1.29, 1.82) is 0 Å². The number of carbonyl (C=O) groups is 3. The number of likely N-dealkylation sites (tertiary alicyclic amines) is 1. The van der Waals surface area contributed by atoms with Gasteiger partial charge < -0.3 is 9.64 Å². The number of carbonyl (C=O) groups excluding carboxylic acids is 3. The van der Waals surface area contributed by atoms with E-state index in [1.807, 2.05) is 0 Å². The molecule has 1 aromatic heterocycles. The Kier molecular flexibility index (Phi) is 4.53. The van der Waals surface area contributed by atoms with E-state index in [4.69, 9.17) is 4.74 Å². The van der Waals surface area contributed by atoms with E-state index in [0.29, 0.717) is 30.1 Å². The molecule has 0 radical (unpaired) electrons. The monoisotopic (exact) mass is 366 g/mol. The summed E-state index contributed by atoms with van der Waals surface area (Å²) in [4.78, 5) is 40.2. The van der Waals surface area contributed by atoms with Crippen LogP contribution in [0.25, 0.3) is 0 Å². The maximum atomic E-state index is 12.7. The number of hydrogen-bond acceptors (Lipinski definition) is 6. The first-order chi connectivity index (χ1) is 13.1. The van der Waals surface area contributed by atoms with E-state index in [2.05, 4.69) is 10.2 Å². The maximum absolute atomic E-state index is 12.7. The molecular weight excluding hydrogens is 348 g/mol. The first-order valence-electron chi connectivity index (χ1n) is 8.81. The van der Waals surface area contributed by atoms with Crippen LogP contribution in [0, 0.1) is 0 Å². The number of piperidine rings is 1. The molecule has 2 aromatic rings. The Labute approximate surface area is 155 Å². The van der Waals surface area contributed by atoms with Crippen molar-refractivity contribution in [1.82, 2.24) is 20.0 Å². The molecule has 0 spiro atoms. The highest BCUT2D eigenvalue weighted by Crippen LogP contribution is 2.23. The lowest BCUT2D eigenvalue weighted by atomic mass is 10.1. The Balaban J connectivity index is 1.40. The van der Waals surface area contributed by atoms with Gasteiger partial charge in [-0.3, -0.25) is 19.3 Å². The number of fused-ring (bicyclic) bond motifs is 1. The lowest BCUT2D eigenvalue weighted by Gasteiger charge is -2.33. The average Bonchev–Trinajstić information content (AvgIpc) is 2.94. The van der Waals surface area contributed by atoms with Crippen molar-refractivity contribution >= 4 is 17.7 Å². The van der Waals surface area contributed by atoms with E-state index in [-0.39, 0.29) is 18.6 Å². The van der Waals surface area contributed by atoms with Crippen LogP contribution in [0.2, 0.25) is 0 Å². The lowest BCUT2D eigenvalue weighted by Crippen LogP contribution is -2.49. The normalized spacial score (nSPS) is 19.2. The molecule has 1 unspecified atom stereocenters. The van der Waals surface area contributed by atoms with Crippen LogP contribution in [0.5, 0.6) is 5.88 Å². The fourth-order valence-corrected chi connectivity index (χ4v) is 3.40. The van der Waals surface area contributed by atoms with Gasteiger partial charge >= 0.3 is 0 Å². The van der Waals surface area contributed by atoms with Crippen LogP contribution in [0.15, 0.2) is 42.6 Å². The molecule has 0 aliphatic carbocycles. The van der Waals surface area contributed by atoms with Gasteiger partial charge in [0.2, 0.25) is 11.8 Å². The summed E-state index contributed by atoms with van der Waals surface area (Å²) < 4.78 is 5.78. The van der Waals surface area contributed by atoms with Crippen LogP contribution in [0.3, 0.4) is 0 Å². The van der Waals surface area contributed by atoms with Crippen molar-refractivity contribution in [2.75, 3.05) is 19.6 Å². The van der Waals surface area contributed by atoms with Gasteiger partial charge in [0.1, 0.15) is 12.6 Å². The van der Waals surface area contributed by atoms with Gasteiger partial charge in [0.05, 0.1) is 17.7 Å². The van der Waals surface area contributed by atoms with E-state index >= 15 is 0 Å². The Morgan fingerprint density at radius 2 is 1.85 bits per heavy atom. The predicted molar refractivity (Wildman–Crippen MR) is 94.1 cm³/mol. The Bertz CT molecular complexity index is 851. The fraction of sp³-hybridized carbons (Fsp3) is 0.316. The highest BCUT2D eigenvalue weighted by Gasteiger charge is 2.37. The molecule has 2 aliphatic rings. The standard InChI is InChI=1S/C19H18N4O4/c24-17(12-23-18(25)14-6-1-2-7-15(14)19(23)26)22-10-4-5-13(11-22)27-16-8-3-9-20-21-16/h1-3,6-9,13H,4-5,10-12H2. The summed E-state index contributed by atoms with van der Waals surface area (Å²) in [5, 5.41) is 7.67. The second-order valence-electron chi connectivity index (χ2n) is 6.53. The number of benzene rings is 1. The second-order valence-corrected chi connectivity index (χ2v) is 6.53. The average molecular weight is 366 g/mol. The molecule has 8 nitrogen and oxygen atoms in total. The van der Waals surface area contributed by atoms with E-state index in [0.717, 1.165) is 17.7 Å². The molecule has 8 heteroatoms. The van der Waals surface area contributed by atoms with Crippen LogP contribution in [0.1, 0.15) is 33.6 Å². The number of amides is 3. The quantitative estimate of drug-likeness (QED) is 0.754. The van der Waals surface area contributed by atoms with Crippen molar-refractivity contribution in [2.24, 2.45) is 0 Å². The van der Waals surface area contributed by atoms with Crippen LogP contribution in [-0.4, -0.2) is 63.5 Å². The molecule has 3 amide bonds. The maximum Gasteiger partial charge on any atom is 0.262 e. The van der Waals surface area contributed by atoms with Gasteiger partial charge in [0.25, 0.3) is 11.8 Å². The van der Waals surface area contributed by atoms with Crippen LogP contribution in [0.4, 0.5) is 0 Å². The van der Waals surface area contributed by atoms with E-state index in [1.54, 1.807) is 47.5 Å². The first-order valence-corrected chi connectivity index (χ1v) is 8.81. The van der Waals surface area contributed by atoms with E-state index < -0.39 is 11.8 Å². The smallest absolute Gasteiger partial charge is 0.262 e. The van der Waals surface area contributed by atoms with Crippen LogP contribution < -0.4 is 4.74 Å². The second kappa shape index (κ2) is 7.14. The lowest BCUT2D eigenvalue weighted by molar-refractivity contribution is -0.134. The SMILES string of the molecule is O=C(CN1C(=O)c2ccccc2C1=O)N1CCCC(Oc2cccnn2)C1. The minimum absolute atomic E-state index is 0.193. The Hall–Kier alpha value is -3.29. The number of ether oxygens (including phenoxy) is 1. The number of rotatable bonds is 4. The summed E-state index contributed by atoms with van der Waals surface area (Å²) in [5.41, 5.74) is 0.690. The van der Waals surface area contributed by atoms with Crippen molar-refractivity contribution in [3.05, 3.63) is 53.7 Å². The third kappa shape index (κ3) is 3.38. The molecule has 1 fully saturated rings. The highest BCUT2D eigenvalue weighted by atomic mass is 16.5. The van der Waals surface area contributed by atoms with Gasteiger partial charge in [-0.1, -0.05) is 12.1 Å². The topological polar surface area (TPSA) is 92.7 Å². The van der Waals surface area contributed by atoms with Crippen LogP contribution in [-0.2, 0) is 4.79 Å². The number of aromatic nitrogens is 2. The number of imide groups is 1. The van der Waals surface area contributed by atoms with Gasteiger partial charge in [-0.05, 0) is 31.0 Å². The molecular formula is C19H18N4O4. The number of hydrogen-bond donors (Lipinski definition) is 0. The molecule has 3 heterocycles.